The summed E-state index contributed by atoms with van der Waals surface area (Å²) < 4.78 is 15.7. The molecule has 1 saturated heterocycles. The molecular formula is C13H28N4O4. The Morgan fingerprint density at radius 1 is 1.00 bits per heavy atom. The predicted octanol–water partition coefficient (Wildman–Crippen LogP) is -0.970. The summed E-state index contributed by atoms with van der Waals surface area (Å²) in [4.78, 5) is 4.53. The van der Waals surface area contributed by atoms with Crippen molar-refractivity contribution in [1.29, 1.82) is 0 Å². The summed E-state index contributed by atoms with van der Waals surface area (Å²) in [6, 6.07) is 0. The van der Waals surface area contributed by atoms with E-state index < -0.39 is 0 Å². The Morgan fingerprint density at radius 2 is 1.57 bits per heavy atom. The van der Waals surface area contributed by atoms with Gasteiger partial charge in [0.25, 0.3) is 0 Å². The Bertz CT molecular complexity index is 283. The highest BCUT2D eigenvalue weighted by atomic mass is 16.5. The molecule has 1 fully saturated rings. The van der Waals surface area contributed by atoms with Crippen LogP contribution in [0.1, 0.15) is 0 Å². The van der Waals surface area contributed by atoms with Crippen molar-refractivity contribution in [1.82, 2.24) is 9.80 Å². The molecule has 0 aromatic heterocycles. The molecule has 1 heterocycles. The fourth-order valence-electron chi connectivity index (χ4n) is 2.09. The van der Waals surface area contributed by atoms with Gasteiger partial charge in [0, 0.05) is 39.8 Å². The van der Waals surface area contributed by atoms with E-state index in [4.69, 9.17) is 25.2 Å². The molecule has 1 rings (SSSR count). The molecule has 124 valence electrons. The number of rotatable bonds is 11. The first-order chi connectivity index (χ1) is 10.3. The lowest BCUT2D eigenvalue weighted by Gasteiger charge is -2.34. The summed E-state index contributed by atoms with van der Waals surface area (Å²) in [5.74, 6) is 0.264. The minimum Gasteiger partial charge on any atom is -0.409 e. The quantitative estimate of drug-likeness (QED) is 0.167. The van der Waals surface area contributed by atoms with Gasteiger partial charge in [-0.3, -0.25) is 9.80 Å². The smallest absolute Gasteiger partial charge is 0.153 e. The number of amidine groups is 1. The molecule has 0 saturated carbocycles. The van der Waals surface area contributed by atoms with E-state index in [9.17, 15) is 0 Å². The van der Waals surface area contributed by atoms with Crippen molar-refractivity contribution in [3.63, 3.8) is 0 Å². The molecule has 21 heavy (non-hydrogen) atoms. The Morgan fingerprint density at radius 3 is 2.19 bits per heavy atom. The first kappa shape index (κ1) is 18.1. The summed E-state index contributed by atoms with van der Waals surface area (Å²) in [7, 11) is 1.66. The third-order valence-corrected chi connectivity index (χ3v) is 3.33. The van der Waals surface area contributed by atoms with Crippen LogP contribution in [0.25, 0.3) is 0 Å². The van der Waals surface area contributed by atoms with Crippen molar-refractivity contribution in [3.8, 4) is 0 Å². The van der Waals surface area contributed by atoms with E-state index in [0.717, 1.165) is 32.7 Å². The molecule has 0 aliphatic carbocycles. The molecule has 0 radical (unpaired) electrons. The Hall–Kier alpha value is -0.930. The maximum Gasteiger partial charge on any atom is 0.153 e. The first-order valence-electron chi connectivity index (χ1n) is 7.31. The summed E-state index contributed by atoms with van der Waals surface area (Å²) in [5, 5.41) is 11.5. The van der Waals surface area contributed by atoms with Gasteiger partial charge in [-0.05, 0) is 0 Å². The van der Waals surface area contributed by atoms with Gasteiger partial charge in [0.15, 0.2) is 5.84 Å². The van der Waals surface area contributed by atoms with E-state index in [1.165, 1.54) is 0 Å². The molecule has 8 heteroatoms. The number of nitrogens with two attached hydrogens (primary N) is 1. The topological polar surface area (TPSA) is 92.8 Å². The van der Waals surface area contributed by atoms with Gasteiger partial charge < -0.3 is 25.2 Å². The van der Waals surface area contributed by atoms with Gasteiger partial charge in [-0.25, -0.2) is 0 Å². The zero-order valence-corrected chi connectivity index (χ0v) is 12.9. The monoisotopic (exact) mass is 304 g/mol. The molecule has 0 aromatic rings. The summed E-state index contributed by atoms with van der Waals surface area (Å²) in [5.41, 5.74) is 5.50. The van der Waals surface area contributed by atoms with Crippen molar-refractivity contribution in [2.45, 2.75) is 0 Å². The normalized spacial score (nSPS) is 18.2. The van der Waals surface area contributed by atoms with Crippen LogP contribution in [0.5, 0.6) is 0 Å². The fourth-order valence-corrected chi connectivity index (χ4v) is 2.09. The van der Waals surface area contributed by atoms with Gasteiger partial charge in [0.2, 0.25) is 0 Å². The van der Waals surface area contributed by atoms with Gasteiger partial charge in [0.1, 0.15) is 0 Å². The van der Waals surface area contributed by atoms with Gasteiger partial charge >= 0.3 is 0 Å². The molecule has 8 nitrogen and oxygen atoms in total. The zero-order chi connectivity index (χ0) is 15.3. The van der Waals surface area contributed by atoms with Gasteiger partial charge in [-0.15, -0.1) is 0 Å². The molecule has 0 amide bonds. The van der Waals surface area contributed by atoms with Crippen molar-refractivity contribution in [3.05, 3.63) is 0 Å². The average Bonchev–Trinajstić information content (AvgIpc) is 2.51. The Balaban J connectivity index is 1.93. The standard InChI is InChI=1S/C13H28N4O4/c1-19-8-9-21-11-10-20-7-6-16-2-4-17(5-3-16)12-13(14)15-18/h18H,2-12H2,1H3,(H2,14,15). The number of oxime groups is 1. The van der Waals surface area contributed by atoms with Gasteiger partial charge in [0.05, 0.1) is 39.6 Å². The number of methoxy groups -OCH3 is 1. The molecule has 0 spiro atoms. The molecular weight excluding hydrogens is 276 g/mol. The second kappa shape index (κ2) is 11.7. The maximum absolute atomic E-state index is 8.54. The minimum absolute atomic E-state index is 0.264. The largest absolute Gasteiger partial charge is 0.409 e. The highest BCUT2D eigenvalue weighted by Gasteiger charge is 2.17. The van der Waals surface area contributed by atoms with E-state index in [1.54, 1.807) is 7.11 Å². The van der Waals surface area contributed by atoms with E-state index in [1.807, 2.05) is 0 Å². The number of nitrogens with zero attached hydrogens (tertiary/aromatic N) is 3. The molecule has 0 aromatic carbocycles. The van der Waals surface area contributed by atoms with Crippen molar-refractivity contribution < 1.29 is 19.4 Å². The molecule has 0 unspecified atom stereocenters. The van der Waals surface area contributed by atoms with Crippen LogP contribution in [0.2, 0.25) is 0 Å². The zero-order valence-electron chi connectivity index (χ0n) is 12.9. The molecule has 1 aliphatic rings. The number of hydrogen-bond acceptors (Lipinski definition) is 7. The van der Waals surface area contributed by atoms with Crippen LogP contribution in [0.15, 0.2) is 5.16 Å². The first-order valence-corrected chi connectivity index (χ1v) is 7.31. The van der Waals surface area contributed by atoms with E-state index >= 15 is 0 Å². The van der Waals surface area contributed by atoms with Crippen LogP contribution >= 0.6 is 0 Å². The van der Waals surface area contributed by atoms with Crippen LogP contribution in [-0.2, 0) is 14.2 Å². The summed E-state index contributed by atoms with van der Waals surface area (Å²) in [6.45, 7) is 8.44. The summed E-state index contributed by atoms with van der Waals surface area (Å²) in [6.07, 6.45) is 0. The van der Waals surface area contributed by atoms with Gasteiger partial charge in [-0.1, -0.05) is 5.16 Å². The lowest BCUT2D eigenvalue weighted by Crippen LogP contribution is -2.49. The van der Waals surface area contributed by atoms with Crippen molar-refractivity contribution in [2.24, 2.45) is 10.9 Å². The molecule has 3 N–H and O–H groups in total. The second-order valence-corrected chi connectivity index (χ2v) is 4.93. The maximum atomic E-state index is 8.54. The molecule has 0 atom stereocenters. The lowest BCUT2D eigenvalue weighted by atomic mass is 10.3. The Labute approximate surface area is 126 Å². The highest BCUT2D eigenvalue weighted by molar-refractivity contribution is 5.81. The lowest BCUT2D eigenvalue weighted by molar-refractivity contribution is 0.0162. The average molecular weight is 304 g/mol. The summed E-state index contributed by atoms with van der Waals surface area (Å²) >= 11 is 0. The third kappa shape index (κ3) is 8.84. The number of ether oxygens (including phenoxy) is 3. The SMILES string of the molecule is COCCOCCOCCN1CCN(CC(N)=NO)CC1. The Kier molecular flexibility index (Phi) is 10.1. The van der Waals surface area contributed by atoms with Crippen LogP contribution < -0.4 is 5.73 Å². The van der Waals surface area contributed by atoms with Crippen LogP contribution in [-0.4, -0.2) is 100 Å². The second-order valence-electron chi connectivity index (χ2n) is 4.93. The van der Waals surface area contributed by atoms with Crippen LogP contribution in [0.4, 0.5) is 0 Å². The van der Waals surface area contributed by atoms with Crippen LogP contribution in [0.3, 0.4) is 0 Å². The minimum atomic E-state index is 0.264. The molecule has 0 bridgehead atoms. The van der Waals surface area contributed by atoms with Gasteiger partial charge in [-0.2, -0.15) is 0 Å². The van der Waals surface area contributed by atoms with E-state index in [0.29, 0.717) is 39.6 Å². The van der Waals surface area contributed by atoms with Crippen molar-refractivity contribution in [2.75, 3.05) is 79.4 Å². The number of hydrogen-bond donors (Lipinski definition) is 2. The van der Waals surface area contributed by atoms with E-state index in [-0.39, 0.29) is 5.84 Å². The number of piperazine rings is 1. The highest BCUT2D eigenvalue weighted by Crippen LogP contribution is 2.01. The van der Waals surface area contributed by atoms with Crippen LogP contribution in [0, 0.1) is 0 Å². The third-order valence-electron chi connectivity index (χ3n) is 3.33. The molecule has 1 aliphatic heterocycles. The van der Waals surface area contributed by atoms with Crippen molar-refractivity contribution >= 4 is 5.84 Å². The fraction of sp³-hybridized carbons (Fsp3) is 0.923. The predicted molar refractivity (Wildman–Crippen MR) is 79.8 cm³/mol. The van der Waals surface area contributed by atoms with E-state index in [2.05, 4.69) is 15.0 Å².